The van der Waals surface area contributed by atoms with E-state index in [1.165, 1.54) is 18.1 Å². The Hall–Kier alpha value is -2.68. The zero-order valence-corrected chi connectivity index (χ0v) is 19.7. The highest BCUT2D eigenvalue weighted by Gasteiger charge is 2.25. The van der Waals surface area contributed by atoms with Crippen LogP contribution in [-0.2, 0) is 24.2 Å². The maximum Gasteiger partial charge on any atom is 0.222 e. The van der Waals surface area contributed by atoms with Crippen molar-refractivity contribution in [2.45, 2.75) is 81.7 Å². The summed E-state index contributed by atoms with van der Waals surface area (Å²) in [6, 6.07) is 4.08. The van der Waals surface area contributed by atoms with Gasteiger partial charge in [0.2, 0.25) is 5.91 Å². The van der Waals surface area contributed by atoms with E-state index in [9.17, 15) is 9.18 Å². The average molecular weight is 457 g/mol. The fourth-order valence-electron chi connectivity index (χ4n) is 4.01. The third kappa shape index (κ3) is 4.57. The number of alkyl halides is 1. The molecule has 0 radical (unpaired) electrons. The second kappa shape index (κ2) is 8.69. The molecule has 9 heteroatoms. The fourth-order valence-corrected chi connectivity index (χ4v) is 5.16. The van der Waals surface area contributed by atoms with E-state index >= 15 is 0 Å². The summed E-state index contributed by atoms with van der Waals surface area (Å²) in [6.45, 7) is 8.34. The number of imidazole rings is 1. The second-order valence-electron chi connectivity index (χ2n) is 9.15. The summed E-state index contributed by atoms with van der Waals surface area (Å²) >= 11 is 1.46. The molecule has 4 rings (SSSR count). The molecule has 1 unspecified atom stereocenters. The number of hydrogen-bond donors (Lipinski definition) is 2. The zero-order chi connectivity index (χ0) is 23.0. The Kier molecular flexibility index (Phi) is 6.11. The molecule has 3 N–H and O–H groups in total. The van der Waals surface area contributed by atoms with Gasteiger partial charge < -0.3 is 15.6 Å². The number of fused-ring (bicyclic) bond motifs is 2. The van der Waals surface area contributed by atoms with Gasteiger partial charge in [0.1, 0.15) is 12.5 Å². The van der Waals surface area contributed by atoms with E-state index in [4.69, 9.17) is 10.7 Å². The number of nitrogens with zero attached hydrogens (tertiary/aromatic N) is 4. The Balaban J connectivity index is 1.70. The lowest BCUT2D eigenvalue weighted by Crippen LogP contribution is -2.40. The van der Waals surface area contributed by atoms with Crippen LogP contribution in [0.2, 0.25) is 0 Å². The van der Waals surface area contributed by atoms with Gasteiger partial charge in [-0.1, -0.05) is 24.8 Å². The standard InChI is InChI=1S/C23H29FN6OS/c1-5-13-10-14-6-7-16(24)15(14)11-17(13)32-22-28-19-20(25)26-12-27-21(19)30(22)9-8-18(31)29-23(2,3)4/h10-12,16H,5-9H2,1-4H3,(H,29,31)(H2,25,26,27). The van der Waals surface area contributed by atoms with Crippen LogP contribution in [0.25, 0.3) is 11.2 Å². The summed E-state index contributed by atoms with van der Waals surface area (Å²) in [7, 11) is 0. The SMILES string of the molecule is CCc1cc2c(cc1Sc1nc3c(N)ncnc3n1CCC(=O)NC(C)(C)C)C(F)CC2. The molecule has 170 valence electrons. The summed E-state index contributed by atoms with van der Waals surface area (Å²) < 4.78 is 16.3. The summed E-state index contributed by atoms with van der Waals surface area (Å²) in [4.78, 5) is 26.5. The molecule has 0 saturated carbocycles. The van der Waals surface area contributed by atoms with Crippen LogP contribution < -0.4 is 11.1 Å². The van der Waals surface area contributed by atoms with E-state index in [1.807, 2.05) is 31.4 Å². The van der Waals surface area contributed by atoms with Gasteiger partial charge in [-0.15, -0.1) is 0 Å². The molecule has 1 amide bonds. The van der Waals surface area contributed by atoms with Gasteiger partial charge in [0.15, 0.2) is 22.1 Å². The zero-order valence-electron chi connectivity index (χ0n) is 18.9. The molecule has 1 aromatic carbocycles. The van der Waals surface area contributed by atoms with Crippen molar-refractivity contribution in [2.75, 3.05) is 5.73 Å². The smallest absolute Gasteiger partial charge is 0.222 e. The number of hydrogen-bond acceptors (Lipinski definition) is 6. The molecular formula is C23H29FN6OS. The minimum Gasteiger partial charge on any atom is -0.382 e. The van der Waals surface area contributed by atoms with E-state index in [1.54, 1.807) is 0 Å². The predicted molar refractivity (Wildman–Crippen MR) is 124 cm³/mol. The van der Waals surface area contributed by atoms with E-state index < -0.39 is 6.17 Å². The van der Waals surface area contributed by atoms with Gasteiger partial charge in [0.25, 0.3) is 0 Å². The Bertz CT molecular complexity index is 1170. The number of halogens is 1. The number of rotatable bonds is 6. The lowest BCUT2D eigenvalue weighted by atomic mass is 10.0. The molecule has 2 heterocycles. The van der Waals surface area contributed by atoms with Crippen molar-refractivity contribution >= 4 is 34.7 Å². The van der Waals surface area contributed by atoms with Crippen LogP contribution in [0.5, 0.6) is 0 Å². The van der Waals surface area contributed by atoms with Crippen LogP contribution in [0, 0.1) is 0 Å². The van der Waals surface area contributed by atoms with Crippen LogP contribution >= 0.6 is 11.8 Å². The van der Waals surface area contributed by atoms with Gasteiger partial charge in [-0.05, 0) is 62.8 Å². The molecular weight excluding hydrogens is 427 g/mol. The van der Waals surface area contributed by atoms with Crippen molar-refractivity contribution in [1.82, 2.24) is 24.8 Å². The Morgan fingerprint density at radius 2 is 2.12 bits per heavy atom. The topological polar surface area (TPSA) is 98.7 Å². The molecule has 0 fully saturated rings. The number of carbonyl (C=O) groups is 1. The largest absolute Gasteiger partial charge is 0.382 e. The predicted octanol–water partition coefficient (Wildman–Crippen LogP) is 4.38. The van der Waals surface area contributed by atoms with E-state index in [-0.39, 0.29) is 17.9 Å². The molecule has 1 aliphatic carbocycles. The minimum atomic E-state index is -0.920. The molecule has 0 spiro atoms. The summed E-state index contributed by atoms with van der Waals surface area (Å²) in [5.41, 5.74) is 9.88. The van der Waals surface area contributed by atoms with Crippen LogP contribution in [0.15, 0.2) is 28.5 Å². The van der Waals surface area contributed by atoms with E-state index in [0.717, 1.165) is 34.4 Å². The molecule has 32 heavy (non-hydrogen) atoms. The number of anilines is 1. The van der Waals surface area contributed by atoms with E-state index in [0.29, 0.717) is 35.1 Å². The number of nitrogens with one attached hydrogen (secondary N) is 1. The summed E-state index contributed by atoms with van der Waals surface area (Å²) in [5.74, 6) is 0.243. The third-order valence-corrected chi connectivity index (χ3v) is 6.61. The van der Waals surface area contributed by atoms with Gasteiger partial charge in [-0.25, -0.2) is 19.3 Å². The molecule has 1 aliphatic rings. The van der Waals surface area contributed by atoms with Crippen molar-refractivity contribution in [3.05, 3.63) is 35.2 Å². The lowest BCUT2D eigenvalue weighted by molar-refractivity contribution is -0.122. The number of nitrogens with two attached hydrogens (primary N) is 1. The Morgan fingerprint density at radius 3 is 2.84 bits per heavy atom. The Morgan fingerprint density at radius 1 is 1.34 bits per heavy atom. The van der Waals surface area contributed by atoms with Crippen LogP contribution in [0.3, 0.4) is 0 Å². The third-order valence-electron chi connectivity index (χ3n) is 5.51. The highest BCUT2D eigenvalue weighted by molar-refractivity contribution is 7.99. The summed E-state index contributed by atoms with van der Waals surface area (Å²) in [5, 5.41) is 3.65. The maximum absolute atomic E-state index is 14.4. The van der Waals surface area contributed by atoms with Crippen molar-refractivity contribution in [3.8, 4) is 0 Å². The van der Waals surface area contributed by atoms with Crippen molar-refractivity contribution in [2.24, 2.45) is 0 Å². The number of aromatic nitrogens is 4. The molecule has 7 nitrogen and oxygen atoms in total. The monoisotopic (exact) mass is 456 g/mol. The number of aryl methyl sites for hydroxylation is 3. The average Bonchev–Trinajstić information content (AvgIpc) is 3.25. The quantitative estimate of drug-likeness (QED) is 0.571. The highest BCUT2D eigenvalue weighted by Crippen LogP contribution is 2.41. The number of carbonyl (C=O) groups excluding carboxylic acids is 1. The first kappa shape index (κ1) is 22.5. The first-order valence-corrected chi connectivity index (χ1v) is 11.7. The molecule has 0 saturated heterocycles. The van der Waals surface area contributed by atoms with Crippen LogP contribution in [0.4, 0.5) is 10.2 Å². The van der Waals surface area contributed by atoms with Crippen LogP contribution in [-0.4, -0.2) is 31.0 Å². The van der Waals surface area contributed by atoms with Crippen molar-refractivity contribution < 1.29 is 9.18 Å². The number of nitrogen functional groups attached to an aromatic ring is 1. The summed E-state index contributed by atoms with van der Waals surface area (Å²) in [6.07, 6.45) is 2.92. The van der Waals surface area contributed by atoms with Crippen molar-refractivity contribution in [3.63, 3.8) is 0 Å². The normalized spacial score (nSPS) is 15.8. The van der Waals surface area contributed by atoms with Gasteiger partial charge in [0, 0.05) is 23.4 Å². The Labute approximate surface area is 191 Å². The highest BCUT2D eigenvalue weighted by atomic mass is 32.2. The number of benzene rings is 1. The van der Waals surface area contributed by atoms with Gasteiger partial charge in [-0.2, -0.15) is 0 Å². The van der Waals surface area contributed by atoms with Gasteiger partial charge >= 0.3 is 0 Å². The molecule has 3 aromatic rings. The number of amides is 1. The van der Waals surface area contributed by atoms with E-state index in [2.05, 4.69) is 28.3 Å². The van der Waals surface area contributed by atoms with Crippen LogP contribution in [0.1, 0.15) is 63.4 Å². The minimum absolute atomic E-state index is 0.0515. The van der Waals surface area contributed by atoms with Crippen molar-refractivity contribution in [1.29, 1.82) is 0 Å². The van der Waals surface area contributed by atoms with Gasteiger partial charge in [0.05, 0.1) is 0 Å². The molecule has 0 bridgehead atoms. The molecule has 2 aromatic heterocycles. The second-order valence-corrected chi connectivity index (χ2v) is 10.2. The van der Waals surface area contributed by atoms with Gasteiger partial charge in [-0.3, -0.25) is 4.79 Å². The first-order valence-electron chi connectivity index (χ1n) is 10.9. The fraction of sp³-hybridized carbons (Fsp3) is 0.478. The molecule has 0 aliphatic heterocycles. The first-order chi connectivity index (χ1) is 15.2. The lowest BCUT2D eigenvalue weighted by Gasteiger charge is -2.20. The molecule has 1 atom stereocenters. The maximum atomic E-state index is 14.4.